The van der Waals surface area contributed by atoms with Gasteiger partial charge in [-0.1, -0.05) is 31.7 Å². The van der Waals surface area contributed by atoms with E-state index < -0.39 is 0 Å². The molecule has 0 aliphatic rings. The van der Waals surface area contributed by atoms with Gasteiger partial charge >= 0.3 is 0 Å². The minimum absolute atomic E-state index is 1.08. The third kappa shape index (κ3) is 1.17. The molecular formula is C12H13N. The number of nitrogens with one attached hydrogen (secondary N) is 1. The molecule has 0 amide bonds. The number of benzene rings is 1. The van der Waals surface area contributed by atoms with Crippen LogP contribution in [-0.2, 0) is 6.42 Å². The minimum Gasteiger partial charge on any atom is -0.361 e. The Morgan fingerprint density at radius 3 is 2.92 bits per heavy atom. The minimum atomic E-state index is 1.08. The predicted octanol–water partition coefficient (Wildman–Crippen LogP) is 3.37. The first kappa shape index (κ1) is 8.11. The summed E-state index contributed by atoms with van der Waals surface area (Å²) < 4.78 is 0. The van der Waals surface area contributed by atoms with Crippen LogP contribution in [0, 0.1) is 0 Å². The average molecular weight is 171 g/mol. The van der Waals surface area contributed by atoms with Crippen LogP contribution in [0.2, 0.25) is 0 Å². The molecule has 2 rings (SSSR count). The number of H-pyrrole nitrogens is 1. The summed E-state index contributed by atoms with van der Waals surface area (Å²) in [7, 11) is 0. The molecule has 1 heteroatoms. The maximum atomic E-state index is 3.80. The van der Waals surface area contributed by atoms with Gasteiger partial charge in [-0.15, -0.1) is 0 Å². The molecule has 0 fully saturated rings. The second-order valence-electron chi connectivity index (χ2n) is 3.14. The van der Waals surface area contributed by atoms with Crippen LogP contribution in [0.4, 0.5) is 0 Å². The highest BCUT2D eigenvalue weighted by molar-refractivity contribution is 5.90. The van der Waals surface area contributed by atoms with Gasteiger partial charge in [-0.2, -0.15) is 0 Å². The zero-order valence-electron chi connectivity index (χ0n) is 7.80. The van der Waals surface area contributed by atoms with Crippen molar-refractivity contribution in [3.63, 3.8) is 0 Å². The zero-order valence-corrected chi connectivity index (χ0v) is 7.80. The van der Waals surface area contributed by atoms with Gasteiger partial charge in [0.05, 0.1) is 5.52 Å². The Bertz CT molecular complexity index is 437. The van der Waals surface area contributed by atoms with E-state index >= 15 is 0 Å². The smallest absolute Gasteiger partial charge is 0.0530 e. The van der Waals surface area contributed by atoms with E-state index in [0.717, 1.165) is 6.42 Å². The van der Waals surface area contributed by atoms with Crippen molar-refractivity contribution in [3.8, 4) is 0 Å². The summed E-state index contributed by atoms with van der Waals surface area (Å²) in [5, 5.41) is 1.32. The van der Waals surface area contributed by atoms with Crippen LogP contribution in [0.5, 0.6) is 0 Å². The van der Waals surface area contributed by atoms with E-state index in [9.17, 15) is 0 Å². The van der Waals surface area contributed by atoms with Crippen LogP contribution in [-0.4, -0.2) is 4.98 Å². The SMILES string of the molecule is C=Cc1ccc(CC)c2cc[nH]c12. The first-order valence-corrected chi connectivity index (χ1v) is 4.58. The fourth-order valence-corrected chi connectivity index (χ4v) is 1.72. The van der Waals surface area contributed by atoms with Gasteiger partial charge in [-0.3, -0.25) is 0 Å². The largest absolute Gasteiger partial charge is 0.361 e. The van der Waals surface area contributed by atoms with E-state index in [-0.39, 0.29) is 0 Å². The van der Waals surface area contributed by atoms with Gasteiger partial charge in [-0.25, -0.2) is 0 Å². The van der Waals surface area contributed by atoms with E-state index in [1.54, 1.807) is 0 Å². The summed E-state index contributed by atoms with van der Waals surface area (Å²) in [4.78, 5) is 3.24. The highest BCUT2D eigenvalue weighted by Gasteiger charge is 2.02. The van der Waals surface area contributed by atoms with Gasteiger partial charge in [0.2, 0.25) is 0 Å². The van der Waals surface area contributed by atoms with Crippen molar-refractivity contribution in [2.24, 2.45) is 0 Å². The van der Waals surface area contributed by atoms with Crippen LogP contribution in [0.15, 0.2) is 31.0 Å². The Hall–Kier alpha value is -1.50. The van der Waals surface area contributed by atoms with Crippen molar-refractivity contribution in [2.45, 2.75) is 13.3 Å². The van der Waals surface area contributed by atoms with Crippen molar-refractivity contribution in [1.29, 1.82) is 0 Å². The molecule has 0 aliphatic carbocycles. The molecule has 13 heavy (non-hydrogen) atoms. The maximum Gasteiger partial charge on any atom is 0.0530 e. The Labute approximate surface area is 78.1 Å². The molecule has 0 unspecified atom stereocenters. The molecule has 0 radical (unpaired) electrons. The number of hydrogen-bond donors (Lipinski definition) is 1. The second kappa shape index (κ2) is 3.09. The summed E-state index contributed by atoms with van der Waals surface area (Å²) >= 11 is 0. The Kier molecular flexibility index (Phi) is 1.93. The van der Waals surface area contributed by atoms with E-state index in [0.29, 0.717) is 0 Å². The van der Waals surface area contributed by atoms with Gasteiger partial charge in [0.15, 0.2) is 0 Å². The molecule has 1 N–H and O–H groups in total. The predicted molar refractivity (Wildman–Crippen MR) is 57.8 cm³/mol. The Balaban J connectivity index is 2.81. The number of aromatic nitrogens is 1. The second-order valence-corrected chi connectivity index (χ2v) is 3.14. The van der Waals surface area contributed by atoms with Gasteiger partial charge in [0, 0.05) is 11.6 Å². The molecule has 1 aromatic carbocycles. The topological polar surface area (TPSA) is 15.8 Å². The number of rotatable bonds is 2. The van der Waals surface area contributed by atoms with Crippen LogP contribution >= 0.6 is 0 Å². The first-order valence-electron chi connectivity index (χ1n) is 4.58. The van der Waals surface area contributed by atoms with Crippen LogP contribution in [0.3, 0.4) is 0 Å². The molecule has 0 aliphatic heterocycles. The fraction of sp³-hybridized carbons (Fsp3) is 0.167. The van der Waals surface area contributed by atoms with E-state index in [4.69, 9.17) is 0 Å². The molecule has 66 valence electrons. The number of fused-ring (bicyclic) bond motifs is 1. The summed E-state index contributed by atoms with van der Waals surface area (Å²) in [5.41, 5.74) is 3.77. The molecular weight excluding hydrogens is 158 g/mol. The molecule has 1 heterocycles. The van der Waals surface area contributed by atoms with Crippen molar-refractivity contribution >= 4 is 17.0 Å². The first-order chi connectivity index (χ1) is 6.36. The molecule has 2 aromatic rings. The number of aryl methyl sites for hydroxylation is 1. The van der Waals surface area contributed by atoms with Crippen molar-refractivity contribution < 1.29 is 0 Å². The van der Waals surface area contributed by atoms with Crippen LogP contribution in [0.1, 0.15) is 18.1 Å². The van der Waals surface area contributed by atoms with Crippen LogP contribution < -0.4 is 0 Å². The van der Waals surface area contributed by atoms with Gasteiger partial charge in [0.1, 0.15) is 0 Å². The van der Waals surface area contributed by atoms with Gasteiger partial charge in [0.25, 0.3) is 0 Å². The van der Waals surface area contributed by atoms with E-state index in [1.807, 2.05) is 12.3 Å². The maximum absolute atomic E-state index is 3.80. The lowest BCUT2D eigenvalue weighted by atomic mass is 10.0. The standard InChI is InChI=1S/C12H13N/c1-3-9-5-6-10(4-2)12-11(9)7-8-13-12/h4-8,13H,2-3H2,1H3. The highest BCUT2D eigenvalue weighted by Crippen LogP contribution is 2.22. The molecule has 0 saturated heterocycles. The van der Waals surface area contributed by atoms with E-state index in [1.165, 1.54) is 22.0 Å². The third-order valence-corrected chi connectivity index (χ3v) is 2.45. The highest BCUT2D eigenvalue weighted by atomic mass is 14.7. The van der Waals surface area contributed by atoms with Gasteiger partial charge < -0.3 is 4.98 Å². The number of hydrogen-bond acceptors (Lipinski definition) is 0. The van der Waals surface area contributed by atoms with Crippen LogP contribution in [0.25, 0.3) is 17.0 Å². The summed E-state index contributed by atoms with van der Waals surface area (Å²) in [5.74, 6) is 0. The number of aromatic amines is 1. The fourth-order valence-electron chi connectivity index (χ4n) is 1.72. The summed E-state index contributed by atoms with van der Waals surface area (Å²) in [6.45, 7) is 5.97. The molecule has 0 spiro atoms. The lowest BCUT2D eigenvalue weighted by Gasteiger charge is -2.02. The summed E-state index contributed by atoms with van der Waals surface area (Å²) in [6.07, 6.45) is 4.95. The molecule has 1 nitrogen and oxygen atoms in total. The van der Waals surface area contributed by atoms with Crippen molar-refractivity contribution in [1.82, 2.24) is 4.98 Å². The average Bonchev–Trinajstić information content (AvgIpc) is 2.64. The third-order valence-electron chi connectivity index (χ3n) is 2.45. The monoisotopic (exact) mass is 171 g/mol. The molecule has 0 saturated carbocycles. The quantitative estimate of drug-likeness (QED) is 0.713. The van der Waals surface area contributed by atoms with Crippen molar-refractivity contribution in [3.05, 3.63) is 42.1 Å². The lowest BCUT2D eigenvalue weighted by molar-refractivity contribution is 1.16. The van der Waals surface area contributed by atoms with Gasteiger partial charge in [-0.05, 0) is 23.6 Å². The van der Waals surface area contributed by atoms with Crippen molar-refractivity contribution in [2.75, 3.05) is 0 Å². The molecule has 1 aromatic heterocycles. The molecule has 0 bridgehead atoms. The Morgan fingerprint density at radius 2 is 2.23 bits per heavy atom. The van der Waals surface area contributed by atoms with E-state index in [2.05, 4.69) is 36.7 Å². The summed E-state index contributed by atoms with van der Waals surface area (Å²) in [6, 6.07) is 6.42. The molecule has 0 atom stereocenters. The Morgan fingerprint density at radius 1 is 1.38 bits per heavy atom. The zero-order chi connectivity index (χ0) is 9.26. The normalized spacial score (nSPS) is 10.5. The lowest BCUT2D eigenvalue weighted by Crippen LogP contribution is -1.83.